The van der Waals surface area contributed by atoms with Crippen LogP contribution in [0, 0.1) is 0 Å². The SMILES string of the molecule is C1=CC2=C(C1)CCCCc1cccnc12. The molecule has 0 amide bonds. The normalized spacial score (nSPS) is 19.5. The van der Waals surface area contributed by atoms with Crippen LogP contribution in [-0.2, 0) is 6.42 Å². The Kier molecular flexibility index (Phi) is 2.17. The van der Waals surface area contributed by atoms with Gasteiger partial charge in [-0.25, -0.2) is 0 Å². The number of aryl methyl sites for hydroxylation is 1. The van der Waals surface area contributed by atoms with Crippen LogP contribution in [0.3, 0.4) is 0 Å². The summed E-state index contributed by atoms with van der Waals surface area (Å²) in [6, 6.07) is 4.28. The van der Waals surface area contributed by atoms with Gasteiger partial charge in [-0.3, -0.25) is 4.98 Å². The molecule has 0 saturated heterocycles. The van der Waals surface area contributed by atoms with Gasteiger partial charge in [0.2, 0.25) is 0 Å². The molecule has 76 valence electrons. The summed E-state index contributed by atoms with van der Waals surface area (Å²) in [7, 11) is 0. The first-order valence-corrected chi connectivity index (χ1v) is 5.78. The summed E-state index contributed by atoms with van der Waals surface area (Å²) in [5.41, 5.74) is 5.66. The fraction of sp³-hybridized carbons (Fsp3) is 0.357. The maximum atomic E-state index is 4.55. The van der Waals surface area contributed by atoms with Crippen molar-refractivity contribution in [2.75, 3.05) is 0 Å². The molecule has 0 unspecified atom stereocenters. The molecule has 1 nitrogen and oxygen atoms in total. The molecule has 2 aliphatic rings. The van der Waals surface area contributed by atoms with Crippen LogP contribution in [0.5, 0.6) is 0 Å². The molecule has 0 bridgehead atoms. The number of hydrogen-bond donors (Lipinski definition) is 0. The van der Waals surface area contributed by atoms with Gasteiger partial charge in [0.25, 0.3) is 0 Å². The topological polar surface area (TPSA) is 12.9 Å². The first-order valence-electron chi connectivity index (χ1n) is 5.78. The fourth-order valence-corrected chi connectivity index (χ4v) is 2.57. The Bertz CT molecular complexity index is 440. The highest BCUT2D eigenvalue weighted by Crippen LogP contribution is 2.34. The Morgan fingerprint density at radius 2 is 2.07 bits per heavy atom. The summed E-state index contributed by atoms with van der Waals surface area (Å²) in [5.74, 6) is 0. The van der Waals surface area contributed by atoms with E-state index in [4.69, 9.17) is 0 Å². The molecule has 3 rings (SSSR count). The molecule has 0 spiro atoms. The lowest BCUT2D eigenvalue weighted by Gasteiger charge is -2.14. The lowest BCUT2D eigenvalue weighted by atomic mass is 9.93. The second-order valence-electron chi connectivity index (χ2n) is 4.34. The van der Waals surface area contributed by atoms with E-state index in [9.17, 15) is 0 Å². The van der Waals surface area contributed by atoms with Gasteiger partial charge in [-0.05, 0) is 49.3 Å². The zero-order valence-corrected chi connectivity index (χ0v) is 8.87. The van der Waals surface area contributed by atoms with Crippen molar-refractivity contribution in [2.24, 2.45) is 0 Å². The van der Waals surface area contributed by atoms with Crippen molar-refractivity contribution in [3.63, 3.8) is 0 Å². The van der Waals surface area contributed by atoms with Crippen molar-refractivity contribution >= 4 is 5.57 Å². The quantitative estimate of drug-likeness (QED) is 0.620. The molecule has 0 atom stereocenters. The van der Waals surface area contributed by atoms with Crippen LogP contribution < -0.4 is 0 Å². The fourth-order valence-electron chi connectivity index (χ4n) is 2.57. The van der Waals surface area contributed by atoms with Crippen molar-refractivity contribution < 1.29 is 0 Å². The maximum Gasteiger partial charge on any atom is 0.0733 e. The first kappa shape index (κ1) is 8.90. The van der Waals surface area contributed by atoms with Gasteiger partial charge >= 0.3 is 0 Å². The minimum Gasteiger partial charge on any atom is -0.256 e. The number of allylic oxidation sites excluding steroid dienone is 4. The van der Waals surface area contributed by atoms with Crippen molar-refractivity contribution in [1.29, 1.82) is 0 Å². The molecular weight excluding hydrogens is 182 g/mol. The Hall–Kier alpha value is -1.37. The van der Waals surface area contributed by atoms with Crippen molar-refractivity contribution in [3.05, 3.63) is 47.3 Å². The molecule has 1 heterocycles. The Morgan fingerprint density at radius 1 is 1.13 bits per heavy atom. The standard InChI is InChI=1S/C14H15N/c1-2-6-12-8-4-10-15-14(12)13-9-3-7-11(13)5-1/h3-4,8-10H,1-2,5-7H2. The zero-order chi connectivity index (χ0) is 10.1. The average Bonchev–Trinajstić information content (AvgIpc) is 2.69. The summed E-state index contributed by atoms with van der Waals surface area (Å²) in [4.78, 5) is 4.55. The first-order chi connectivity index (χ1) is 7.45. The van der Waals surface area contributed by atoms with Crippen molar-refractivity contribution in [2.45, 2.75) is 32.1 Å². The third-order valence-electron chi connectivity index (χ3n) is 3.35. The van der Waals surface area contributed by atoms with E-state index in [0.717, 1.165) is 6.42 Å². The van der Waals surface area contributed by atoms with Gasteiger partial charge in [0.05, 0.1) is 5.69 Å². The number of pyridine rings is 1. The second-order valence-corrected chi connectivity index (χ2v) is 4.34. The molecule has 0 N–H and O–H groups in total. The number of aromatic nitrogens is 1. The molecule has 0 radical (unpaired) electrons. The van der Waals surface area contributed by atoms with E-state index >= 15 is 0 Å². The van der Waals surface area contributed by atoms with Crippen molar-refractivity contribution in [3.8, 4) is 0 Å². The summed E-state index contributed by atoms with van der Waals surface area (Å²) >= 11 is 0. The van der Waals surface area contributed by atoms with E-state index in [1.165, 1.54) is 42.5 Å². The largest absolute Gasteiger partial charge is 0.256 e. The van der Waals surface area contributed by atoms with E-state index in [2.05, 4.69) is 29.3 Å². The molecule has 2 aliphatic carbocycles. The lowest BCUT2D eigenvalue weighted by molar-refractivity contribution is 0.715. The van der Waals surface area contributed by atoms with E-state index in [1.54, 1.807) is 5.57 Å². The second kappa shape index (κ2) is 3.65. The molecule has 1 heteroatoms. The van der Waals surface area contributed by atoms with Crippen LogP contribution in [0.2, 0.25) is 0 Å². The van der Waals surface area contributed by atoms with Gasteiger partial charge in [0.15, 0.2) is 0 Å². The number of rotatable bonds is 0. The van der Waals surface area contributed by atoms with Gasteiger partial charge in [-0.15, -0.1) is 0 Å². The van der Waals surface area contributed by atoms with E-state index in [0.29, 0.717) is 0 Å². The highest BCUT2D eigenvalue weighted by molar-refractivity contribution is 5.79. The molecule has 15 heavy (non-hydrogen) atoms. The van der Waals surface area contributed by atoms with E-state index < -0.39 is 0 Å². The third kappa shape index (κ3) is 1.52. The smallest absolute Gasteiger partial charge is 0.0733 e. The zero-order valence-electron chi connectivity index (χ0n) is 8.87. The minimum absolute atomic E-state index is 1.14. The molecule has 0 saturated carbocycles. The van der Waals surface area contributed by atoms with Crippen LogP contribution in [-0.4, -0.2) is 4.98 Å². The summed E-state index contributed by atoms with van der Waals surface area (Å²) in [6.07, 6.45) is 12.7. The van der Waals surface area contributed by atoms with Crippen LogP contribution in [0.25, 0.3) is 5.57 Å². The average molecular weight is 197 g/mol. The van der Waals surface area contributed by atoms with Crippen LogP contribution in [0.1, 0.15) is 36.9 Å². The highest BCUT2D eigenvalue weighted by atomic mass is 14.7. The van der Waals surface area contributed by atoms with Crippen molar-refractivity contribution in [1.82, 2.24) is 4.98 Å². The number of nitrogens with zero attached hydrogens (tertiary/aromatic N) is 1. The minimum atomic E-state index is 1.14. The Morgan fingerprint density at radius 3 is 3.07 bits per heavy atom. The lowest BCUT2D eigenvalue weighted by Crippen LogP contribution is -2.00. The molecule has 0 aliphatic heterocycles. The number of hydrogen-bond acceptors (Lipinski definition) is 1. The number of fused-ring (bicyclic) bond motifs is 2. The highest BCUT2D eigenvalue weighted by Gasteiger charge is 2.17. The molecule has 0 aromatic carbocycles. The van der Waals surface area contributed by atoms with Crippen LogP contribution in [0.15, 0.2) is 36.1 Å². The van der Waals surface area contributed by atoms with Gasteiger partial charge in [0.1, 0.15) is 0 Å². The molecule has 1 aromatic heterocycles. The Labute approximate surface area is 90.5 Å². The predicted molar refractivity (Wildman–Crippen MR) is 62.5 cm³/mol. The summed E-state index contributed by atoms with van der Waals surface area (Å²) in [5, 5.41) is 0. The molecular formula is C14H15N. The van der Waals surface area contributed by atoms with Gasteiger partial charge < -0.3 is 0 Å². The van der Waals surface area contributed by atoms with Gasteiger partial charge in [-0.1, -0.05) is 23.8 Å². The van der Waals surface area contributed by atoms with Crippen LogP contribution >= 0.6 is 0 Å². The predicted octanol–water partition coefficient (Wildman–Crippen LogP) is 3.52. The monoisotopic (exact) mass is 197 g/mol. The van der Waals surface area contributed by atoms with E-state index in [1.807, 2.05) is 6.20 Å². The van der Waals surface area contributed by atoms with Crippen LogP contribution in [0.4, 0.5) is 0 Å². The van der Waals surface area contributed by atoms with E-state index in [-0.39, 0.29) is 0 Å². The maximum absolute atomic E-state index is 4.55. The molecule has 1 aromatic rings. The third-order valence-corrected chi connectivity index (χ3v) is 3.35. The molecule has 0 fully saturated rings. The summed E-state index contributed by atoms with van der Waals surface area (Å²) < 4.78 is 0. The Balaban J connectivity index is 2.16. The van der Waals surface area contributed by atoms with Gasteiger partial charge in [-0.2, -0.15) is 0 Å². The summed E-state index contributed by atoms with van der Waals surface area (Å²) in [6.45, 7) is 0. The van der Waals surface area contributed by atoms with Gasteiger partial charge in [0, 0.05) is 6.20 Å².